The van der Waals surface area contributed by atoms with Crippen LogP contribution >= 0.6 is 0 Å². The fourth-order valence-corrected chi connectivity index (χ4v) is 3.28. The summed E-state index contributed by atoms with van der Waals surface area (Å²) in [6, 6.07) is 6.32. The molecule has 0 atom stereocenters. The zero-order valence-electron chi connectivity index (χ0n) is 17.8. The molecule has 1 aliphatic rings. The molecule has 2 nitrogen and oxygen atoms in total. The van der Waals surface area contributed by atoms with Crippen LogP contribution in [-0.2, 0) is 10.8 Å². The van der Waals surface area contributed by atoms with E-state index in [9.17, 15) is 0 Å². The van der Waals surface area contributed by atoms with Crippen LogP contribution in [0.15, 0.2) is 18.2 Å². The van der Waals surface area contributed by atoms with E-state index in [1.54, 1.807) is 0 Å². The predicted molar refractivity (Wildman–Crippen MR) is 107 cm³/mol. The number of rotatable bonds is 0. The molecule has 0 aliphatic carbocycles. The predicted octanol–water partition coefficient (Wildman–Crippen LogP) is 5.99. The fraction of sp³-hybridized carbons (Fsp3) is 0.773. The third-order valence-corrected chi connectivity index (χ3v) is 4.57. The summed E-state index contributed by atoms with van der Waals surface area (Å²) in [4.78, 5) is 4.72. The Balaban J connectivity index is 0.000000254. The minimum Gasteiger partial charge on any atom is -0.307 e. The number of hydrogen-bond donors (Lipinski definition) is 1. The summed E-state index contributed by atoms with van der Waals surface area (Å²) in [6.07, 6.45) is 4.00. The van der Waals surface area contributed by atoms with E-state index in [1.807, 2.05) is 0 Å². The molecule has 0 bridgehead atoms. The van der Waals surface area contributed by atoms with Gasteiger partial charge in [0.1, 0.15) is 0 Å². The van der Waals surface area contributed by atoms with Crippen LogP contribution in [-0.4, -0.2) is 16.1 Å². The quantitative estimate of drug-likeness (QED) is 0.631. The van der Waals surface area contributed by atoms with Crippen molar-refractivity contribution in [3.8, 4) is 0 Å². The first-order valence-corrected chi connectivity index (χ1v) is 9.40. The van der Waals surface area contributed by atoms with Gasteiger partial charge in [-0.1, -0.05) is 47.6 Å². The maximum Gasteiger partial charge on any atom is 0.0460 e. The molecule has 24 heavy (non-hydrogen) atoms. The van der Waals surface area contributed by atoms with E-state index >= 15 is 0 Å². The highest BCUT2D eigenvalue weighted by atomic mass is 15.0. The fourth-order valence-electron chi connectivity index (χ4n) is 3.28. The van der Waals surface area contributed by atoms with Gasteiger partial charge in [-0.3, -0.25) is 4.98 Å². The molecular weight excluding hydrogens is 292 g/mol. The van der Waals surface area contributed by atoms with Crippen LogP contribution < -0.4 is 5.32 Å². The first kappa shape index (κ1) is 21.2. The molecule has 1 N–H and O–H groups in total. The lowest BCUT2D eigenvalue weighted by molar-refractivity contribution is 0.183. The molecule has 1 saturated heterocycles. The summed E-state index contributed by atoms with van der Waals surface area (Å²) in [7, 11) is 0. The molecule has 2 rings (SSSR count). The van der Waals surface area contributed by atoms with Crippen LogP contribution in [0.25, 0.3) is 0 Å². The summed E-state index contributed by atoms with van der Waals surface area (Å²) >= 11 is 0. The van der Waals surface area contributed by atoms with Crippen LogP contribution in [0.4, 0.5) is 0 Å². The normalized spacial score (nSPS) is 20.1. The summed E-state index contributed by atoms with van der Waals surface area (Å²) in [6.45, 7) is 22.3. The zero-order valence-corrected chi connectivity index (χ0v) is 17.8. The number of aromatic nitrogens is 1. The van der Waals surface area contributed by atoms with Gasteiger partial charge in [-0.15, -0.1) is 0 Å². The minimum atomic E-state index is 0.140. The second kappa shape index (κ2) is 7.15. The van der Waals surface area contributed by atoms with E-state index in [1.165, 1.54) is 30.7 Å². The molecule has 0 unspecified atom stereocenters. The smallest absolute Gasteiger partial charge is 0.0460 e. The van der Waals surface area contributed by atoms with Gasteiger partial charge in [-0.25, -0.2) is 0 Å². The molecule has 0 amide bonds. The largest absolute Gasteiger partial charge is 0.307 e. The number of piperidine rings is 1. The number of pyridine rings is 1. The highest BCUT2D eigenvalue weighted by Gasteiger charge is 2.31. The van der Waals surface area contributed by atoms with E-state index in [0.29, 0.717) is 11.1 Å². The van der Waals surface area contributed by atoms with Crippen molar-refractivity contribution in [1.29, 1.82) is 0 Å². The molecule has 1 aromatic rings. The Morgan fingerprint density at radius 1 is 0.792 bits per heavy atom. The highest BCUT2D eigenvalue weighted by Crippen LogP contribution is 2.27. The van der Waals surface area contributed by atoms with E-state index in [-0.39, 0.29) is 10.8 Å². The second-order valence-corrected chi connectivity index (χ2v) is 10.7. The molecule has 1 fully saturated rings. The summed E-state index contributed by atoms with van der Waals surface area (Å²) in [5.41, 5.74) is 3.35. The standard InChI is InChI=1S/C13H21N.C9H19N/c1-12(2,3)10-8-7-9-11(14-10)13(4,5)6;1-8(2)6-5-7-9(3,4)10-8/h7-9H,1-6H3;10H,5-7H2,1-4H3. The Morgan fingerprint density at radius 2 is 1.17 bits per heavy atom. The first-order chi connectivity index (χ1) is 10.6. The van der Waals surface area contributed by atoms with Gasteiger partial charge in [-0.2, -0.15) is 0 Å². The molecule has 1 aromatic heterocycles. The van der Waals surface area contributed by atoms with Crippen molar-refractivity contribution in [1.82, 2.24) is 10.3 Å². The maximum atomic E-state index is 4.72. The maximum absolute atomic E-state index is 4.72. The number of nitrogens with zero attached hydrogens (tertiary/aromatic N) is 1. The van der Waals surface area contributed by atoms with E-state index in [4.69, 9.17) is 4.98 Å². The highest BCUT2D eigenvalue weighted by molar-refractivity contribution is 5.21. The molecule has 0 spiro atoms. The summed E-state index contributed by atoms with van der Waals surface area (Å²) in [5.74, 6) is 0. The summed E-state index contributed by atoms with van der Waals surface area (Å²) in [5, 5.41) is 3.63. The molecule has 1 aliphatic heterocycles. The average Bonchev–Trinajstić information content (AvgIpc) is 2.34. The lowest BCUT2D eigenvalue weighted by atomic mass is 9.83. The zero-order chi connectivity index (χ0) is 18.8. The van der Waals surface area contributed by atoms with Crippen molar-refractivity contribution in [2.45, 2.75) is 110 Å². The summed E-state index contributed by atoms with van der Waals surface area (Å²) < 4.78 is 0. The molecule has 0 saturated carbocycles. The van der Waals surface area contributed by atoms with Crippen molar-refractivity contribution >= 4 is 0 Å². The molecule has 0 radical (unpaired) electrons. The third-order valence-electron chi connectivity index (χ3n) is 4.57. The van der Waals surface area contributed by atoms with Gasteiger partial charge in [0.05, 0.1) is 0 Å². The SMILES string of the molecule is CC(C)(C)c1cccc(C(C)(C)C)n1.CC1(C)CCCC(C)(C)N1. The van der Waals surface area contributed by atoms with Gasteiger partial charge >= 0.3 is 0 Å². The second-order valence-electron chi connectivity index (χ2n) is 10.7. The molecule has 0 aromatic carbocycles. The van der Waals surface area contributed by atoms with Crippen LogP contribution in [0.1, 0.15) is 99.9 Å². The lowest BCUT2D eigenvalue weighted by Gasteiger charge is -2.42. The van der Waals surface area contributed by atoms with E-state index < -0.39 is 0 Å². The van der Waals surface area contributed by atoms with Gasteiger partial charge in [0.15, 0.2) is 0 Å². The Labute approximate surface area is 150 Å². The topological polar surface area (TPSA) is 24.9 Å². The third kappa shape index (κ3) is 6.93. The van der Waals surface area contributed by atoms with Crippen molar-refractivity contribution in [3.63, 3.8) is 0 Å². The monoisotopic (exact) mass is 332 g/mol. The van der Waals surface area contributed by atoms with Crippen LogP contribution in [0, 0.1) is 0 Å². The van der Waals surface area contributed by atoms with Crippen molar-refractivity contribution in [3.05, 3.63) is 29.6 Å². The van der Waals surface area contributed by atoms with Crippen molar-refractivity contribution in [2.24, 2.45) is 0 Å². The first-order valence-electron chi connectivity index (χ1n) is 9.40. The van der Waals surface area contributed by atoms with Gasteiger partial charge in [0, 0.05) is 33.3 Å². The van der Waals surface area contributed by atoms with Crippen molar-refractivity contribution < 1.29 is 0 Å². The Bertz CT molecular complexity index is 484. The van der Waals surface area contributed by atoms with Gasteiger partial charge in [0.2, 0.25) is 0 Å². The van der Waals surface area contributed by atoms with Gasteiger partial charge in [0.25, 0.3) is 0 Å². The van der Waals surface area contributed by atoms with Crippen LogP contribution in [0.2, 0.25) is 0 Å². The van der Waals surface area contributed by atoms with Crippen LogP contribution in [0.3, 0.4) is 0 Å². The molecule has 138 valence electrons. The Hall–Kier alpha value is -0.890. The Kier molecular flexibility index (Phi) is 6.31. The minimum absolute atomic E-state index is 0.140. The average molecular weight is 333 g/mol. The molecule has 2 heterocycles. The molecule has 2 heteroatoms. The lowest BCUT2D eigenvalue weighted by Crippen LogP contribution is -2.55. The van der Waals surface area contributed by atoms with E-state index in [2.05, 4.69) is 92.8 Å². The van der Waals surface area contributed by atoms with Crippen molar-refractivity contribution in [2.75, 3.05) is 0 Å². The van der Waals surface area contributed by atoms with Gasteiger partial charge in [-0.05, 0) is 59.1 Å². The van der Waals surface area contributed by atoms with E-state index in [0.717, 1.165) is 0 Å². The number of nitrogens with one attached hydrogen (secondary N) is 1. The Morgan fingerprint density at radius 3 is 1.42 bits per heavy atom. The van der Waals surface area contributed by atoms with Crippen LogP contribution in [0.5, 0.6) is 0 Å². The van der Waals surface area contributed by atoms with Gasteiger partial charge < -0.3 is 5.32 Å². The number of hydrogen-bond acceptors (Lipinski definition) is 2. The molecular formula is C22H40N2.